The predicted molar refractivity (Wildman–Crippen MR) is 96.4 cm³/mol. The molecule has 0 atom stereocenters. The van der Waals surface area contributed by atoms with Gasteiger partial charge in [-0.25, -0.2) is 4.39 Å². The number of ether oxygens (including phenoxy) is 2. The molecule has 0 spiro atoms. The number of likely N-dealkylation sites (tertiary alicyclic amines) is 1. The van der Waals surface area contributed by atoms with Gasteiger partial charge < -0.3 is 18.8 Å². The molecule has 0 bridgehead atoms. The maximum Gasteiger partial charge on any atom is 0.308 e. The summed E-state index contributed by atoms with van der Waals surface area (Å²) in [6, 6.07) is 6.78. The molecule has 1 aliphatic heterocycles. The summed E-state index contributed by atoms with van der Waals surface area (Å²) in [5.41, 5.74) is 0.204. The number of hydrogen-bond acceptors (Lipinski definition) is 6. The number of rotatable bonds is 5. The average Bonchev–Trinajstić information content (AvgIpc) is 2.73. The first-order valence-corrected chi connectivity index (χ1v) is 8.85. The molecule has 2 aromatic rings. The van der Waals surface area contributed by atoms with Crippen LogP contribution in [0.4, 0.5) is 4.39 Å². The summed E-state index contributed by atoms with van der Waals surface area (Å²) >= 11 is 0. The van der Waals surface area contributed by atoms with Gasteiger partial charge in [0.05, 0.1) is 13.0 Å². The van der Waals surface area contributed by atoms with Crippen molar-refractivity contribution in [2.75, 3.05) is 20.2 Å². The molecule has 1 fully saturated rings. The van der Waals surface area contributed by atoms with Gasteiger partial charge in [-0.05, 0) is 30.5 Å². The molecule has 2 heterocycles. The summed E-state index contributed by atoms with van der Waals surface area (Å²) in [6.45, 7) is 0.829. The van der Waals surface area contributed by atoms with Crippen molar-refractivity contribution >= 4 is 11.9 Å². The second-order valence-corrected chi connectivity index (χ2v) is 6.48. The van der Waals surface area contributed by atoms with Gasteiger partial charge in [-0.1, -0.05) is 12.1 Å². The first-order valence-electron chi connectivity index (χ1n) is 8.85. The molecule has 1 aromatic carbocycles. The van der Waals surface area contributed by atoms with Gasteiger partial charge in [0, 0.05) is 19.2 Å². The molecule has 1 amide bonds. The van der Waals surface area contributed by atoms with Crippen molar-refractivity contribution in [1.82, 2.24) is 4.90 Å². The number of esters is 1. The van der Waals surface area contributed by atoms with Gasteiger partial charge in [0.2, 0.25) is 11.2 Å². The molecule has 0 radical (unpaired) electrons. The number of carbonyl (C=O) groups excluding carboxylic acids is 2. The molecule has 0 aliphatic carbocycles. The van der Waals surface area contributed by atoms with Crippen LogP contribution < -0.4 is 10.2 Å². The molecule has 7 nitrogen and oxygen atoms in total. The molecule has 148 valence electrons. The van der Waals surface area contributed by atoms with Crippen LogP contribution in [0, 0.1) is 11.7 Å². The number of methoxy groups -OCH3 is 1. The molecular formula is C20H20FNO6. The minimum absolute atomic E-state index is 0.0368. The van der Waals surface area contributed by atoms with Gasteiger partial charge in [-0.2, -0.15) is 0 Å². The predicted octanol–water partition coefficient (Wildman–Crippen LogP) is 2.38. The van der Waals surface area contributed by atoms with Crippen molar-refractivity contribution in [3.05, 3.63) is 64.0 Å². The van der Waals surface area contributed by atoms with E-state index in [2.05, 4.69) is 0 Å². The van der Waals surface area contributed by atoms with Gasteiger partial charge >= 0.3 is 5.97 Å². The lowest BCUT2D eigenvalue weighted by Gasteiger charge is -2.30. The summed E-state index contributed by atoms with van der Waals surface area (Å²) in [4.78, 5) is 37.8. The fourth-order valence-electron chi connectivity index (χ4n) is 3.00. The Balaban J connectivity index is 1.60. The topological polar surface area (TPSA) is 86.0 Å². The number of hydrogen-bond donors (Lipinski definition) is 0. The van der Waals surface area contributed by atoms with E-state index in [1.165, 1.54) is 24.1 Å². The summed E-state index contributed by atoms with van der Waals surface area (Å²) in [5.74, 6) is -1.39. The lowest BCUT2D eigenvalue weighted by Crippen LogP contribution is -2.40. The number of amides is 1. The zero-order chi connectivity index (χ0) is 20.1. The Kier molecular flexibility index (Phi) is 6.08. The number of nitrogens with zero attached hydrogens (tertiary/aromatic N) is 1. The number of carbonyl (C=O) groups is 2. The maximum atomic E-state index is 12.9. The SMILES string of the molecule is COC(=O)C1CCN(C(=O)c2cc(=O)c(OCc3ccc(F)cc3)co2)CC1. The normalized spacial score (nSPS) is 14.6. The number of benzene rings is 1. The molecule has 0 unspecified atom stereocenters. The smallest absolute Gasteiger partial charge is 0.308 e. The standard InChI is InChI=1S/C20H20FNO6/c1-26-20(25)14-6-8-22(9-7-14)19(24)17-10-16(23)18(12-28-17)27-11-13-2-4-15(21)5-3-13/h2-5,10,12,14H,6-9,11H2,1H3. The molecule has 8 heteroatoms. The van der Waals surface area contributed by atoms with E-state index in [1.807, 2.05) is 0 Å². The van der Waals surface area contributed by atoms with Crippen LogP contribution in [0.15, 0.2) is 45.8 Å². The van der Waals surface area contributed by atoms with Crippen LogP contribution >= 0.6 is 0 Å². The number of halogens is 1. The Morgan fingerprint density at radius 1 is 1.21 bits per heavy atom. The van der Waals surface area contributed by atoms with E-state index in [0.29, 0.717) is 31.5 Å². The lowest BCUT2D eigenvalue weighted by molar-refractivity contribution is -0.146. The molecule has 1 saturated heterocycles. The summed E-state index contributed by atoms with van der Waals surface area (Å²) < 4.78 is 28.3. The number of piperidine rings is 1. The van der Waals surface area contributed by atoms with Crippen molar-refractivity contribution in [1.29, 1.82) is 0 Å². The second kappa shape index (κ2) is 8.69. The zero-order valence-electron chi connectivity index (χ0n) is 15.4. The van der Waals surface area contributed by atoms with Gasteiger partial charge in [0.25, 0.3) is 5.91 Å². The highest BCUT2D eigenvalue weighted by Crippen LogP contribution is 2.20. The van der Waals surface area contributed by atoms with Gasteiger partial charge in [-0.15, -0.1) is 0 Å². The third-order valence-corrected chi connectivity index (χ3v) is 4.63. The lowest BCUT2D eigenvalue weighted by atomic mass is 9.97. The Labute approximate surface area is 160 Å². The average molecular weight is 389 g/mol. The monoisotopic (exact) mass is 389 g/mol. The molecule has 1 aliphatic rings. The maximum absolute atomic E-state index is 12.9. The highest BCUT2D eigenvalue weighted by atomic mass is 19.1. The molecule has 3 rings (SSSR count). The minimum Gasteiger partial charge on any atom is -0.482 e. The van der Waals surface area contributed by atoms with Crippen molar-refractivity contribution in [2.24, 2.45) is 5.92 Å². The van der Waals surface area contributed by atoms with E-state index in [4.69, 9.17) is 13.9 Å². The third-order valence-electron chi connectivity index (χ3n) is 4.63. The van der Waals surface area contributed by atoms with Crippen LogP contribution in [0.1, 0.15) is 29.0 Å². The van der Waals surface area contributed by atoms with Gasteiger partial charge in [0.1, 0.15) is 18.7 Å². The fourth-order valence-corrected chi connectivity index (χ4v) is 3.00. The van der Waals surface area contributed by atoms with E-state index in [0.717, 1.165) is 12.3 Å². The van der Waals surface area contributed by atoms with Crippen LogP contribution in [-0.4, -0.2) is 37.0 Å². The third kappa shape index (κ3) is 4.57. The van der Waals surface area contributed by atoms with Crippen LogP contribution in [0.5, 0.6) is 5.75 Å². The minimum atomic E-state index is -0.485. The van der Waals surface area contributed by atoms with E-state index in [1.54, 1.807) is 12.1 Å². The van der Waals surface area contributed by atoms with Crippen molar-refractivity contribution in [3.8, 4) is 5.75 Å². The quantitative estimate of drug-likeness (QED) is 0.730. The second-order valence-electron chi connectivity index (χ2n) is 6.48. The van der Waals surface area contributed by atoms with Gasteiger partial charge in [0.15, 0.2) is 5.76 Å². The molecule has 0 saturated carbocycles. The summed E-state index contributed by atoms with van der Waals surface area (Å²) in [6.07, 6.45) is 2.10. The first kappa shape index (κ1) is 19.6. The van der Waals surface area contributed by atoms with E-state index in [9.17, 15) is 18.8 Å². The van der Waals surface area contributed by atoms with E-state index in [-0.39, 0.29) is 35.8 Å². The fraction of sp³-hybridized carbons (Fsp3) is 0.350. The highest BCUT2D eigenvalue weighted by molar-refractivity contribution is 5.91. The highest BCUT2D eigenvalue weighted by Gasteiger charge is 2.29. The van der Waals surface area contributed by atoms with Crippen molar-refractivity contribution in [3.63, 3.8) is 0 Å². The summed E-state index contributed by atoms with van der Waals surface area (Å²) in [7, 11) is 1.34. The van der Waals surface area contributed by atoms with Crippen LogP contribution in [0.25, 0.3) is 0 Å². The van der Waals surface area contributed by atoms with Crippen LogP contribution in [0.3, 0.4) is 0 Å². The van der Waals surface area contributed by atoms with Crippen LogP contribution in [-0.2, 0) is 16.1 Å². The molecule has 0 N–H and O–H groups in total. The van der Waals surface area contributed by atoms with Crippen molar-refractivity contribution in [2.45, 2.75) is 19.4 Å². The van der Waals surface area contributed by atoms with E-state index < -0.39 is 11.3 Å². The Bertz CT molecular complexity index is 900. The molecular weight excluding hydrogens is 369 g/mol. The molecule has 28 heavy (non-hydrogen) atoms. The van der Waals surface area contributed by atoms with Gasteiger partial charge in [-0.3, -0.25) is 14.4 Å². The molecule has 1 aromatic heterocycles. The van der Waals surface area contributed by atoms with Crippen LogP contribution in [0.2, 0.25) is 0 Å². The first-order chi connectivity index (χ1) is 13.5. The Morgan fingerprint density at radius 3 is 2.50 bits per heavy atom. The summed E-state index contributed by atoms with van der Waals surface area (Å²) in [5, 5.41) is 0. The van der Waals surface area contributed by atoms with E-state index >= 15 is 0 Å². The largest absolute Gasteiger partial charge is 0.482 e. The Morgan fingerprint density at radius 2 is 1.89 bits per heavy atom. The van der Waals surface area contributed by atoms with Crippen molar-refractivity contribution < 1.29 is 27.9 Å². The Hall–Kier alpha value is -3.16. The zero-order valence-corrected chi connectivity index (χ0v) is 15.4.